The normalized spacial score (nSPS) is 28.6. The molecule has 0 unspecified atom stereocenters. The third kappa shape index (κ3) is 4.94. The summed E-state index contributed by atoms with van der Waals surface area (Å²) in [6, 6.07) is 1.46. The fourth-order valence-electron chi connectivity index (χ4n) is 3.68. The van der Waals surface area contributed by atoms with Gasteiger partial charge in [-0.3, -0.25) is 0 Å². The largest absolute Gasteiger partial charge is 0.377 e. The molecule has 1 aliphatic carbocycles. The first kappa shape index (κ1) is 17.2. The number of hydrogen-bond donors (Lipinski definition) is 0. The van der Waals surface area contributed by atoms with E-state index in [1.54, 1.807) is 0 Å². The van der Waals surface area contributed by atoms with Gasteiger partial charge in [-0.25, -0.2) is 0 Å². The molecule has 21 heavy (non-hydrogen) atoms. The highest BCUT2D eigenvalue weighted by Crippen LogP contribution is 2.35. The van der Waals surface area contributed by atoms with Crippen LogP contribution in [0.5, 0.6) is 0 Å². The minimum Gasteiger partial charge on any atom is -0.377 e. The molecule has 0 atom stereocenters. The van der Waals surface area contributed by atoms with Gasteiger partial charge in [0.1, 0.15) is 0 Å². The van der Waals surface area contributed by atoms with Crippen LogP contribution in [0.1, 0.15) is 53.4 Å². The van der Waals surface area contributed by atoms with Crippen molar-refractivity contribution in [2.45, 2.75) is 71.6 Å². The third-order valence-corrected chi connectivity index (χ3v) is 5.72. The Bertz CT molecular complexity index is 292. The first-order valence-corrected chi connectivity index (χ1v) is 9.03. The van der Waals surface area contributed by atoms with Gasteiger partial charge in [0.15, 0.2) is 0 Å². The number of nitrogens with zero attached hydrogens (tertiary/aromatic N) is 2. The minimum absolute atomic E-state index is 0.550. The Morgan fingerprint density at radius 1 is 1.10 bits per heavy atom. The maximum atomic E-state index is 6.03. The van der Waals surface area contributed by atoms with Crippen LogP contribution in [-0.4, -0.2) is 61.3 Å². The van der Waals surface area contributed by atoms with Crippen molar-refractivity contribution in [3.05, 3.63) is 0 Å². The number of piperidine rings is 1. The van der Waals surface area contributed by atoms with Gasteiger partial charge in [0.25, 0.3) is 0 Å². The fourth-order valence-corrected chi connectivity index (χ4v) is 3.68. The van der Waals surface area contributed by atoms with Gasteiger partial charge in [-0.05, 0) is 71.5 Å². The van der Waals surface area contributed by atoms with Crippen LogP contribution < -0.4 is 0 Å². The third-order valence-electron chi connectivity index (χ3n) is 5.72. The minimum atomic E-state index is 0.550. The molecule has 0 amide bonds. The van der Waals surface area contributed by atoms with Crippen LogP contribution in [0.2, 0.25) is 0 Å². The Morgan fingerprint density at radius 2 is 1.71 bits per heavy atom. The second-order valence-corrected chi connectivity index (χ2v) is 7.81. The van der Waals surface area contributed by atoms with Crippen LogP contribution >= 0.6 is 0 Å². The number of likely N-dealkylation sites (tertiary alicyclic amines) is 1. The quantitative estimate of drug-likeness (QED) is 0.717. The molecule has 0 spiro atoms. The summed E-state index contributed by atoms with van der Waals surface area (Å²) in [7, 11) is 2.27. The molecule has 3 heteroatoms. The smallest absolute Gasteiger partial charge is 0.0597 e. The number of ether oxygens (including phenoxy) is 1. The van der Waals surface area contributed by atoms with Crippen LogP contribution in [0, 0.1) is 11.8 Å². The van der Waals surface area contributed by atoms with E-state index < -0.39 is 0 Å². The van der Waals surface area contributed by atoms with Crippen molar-refractivity contribution in [1.82, 2.24) is 9.80 Å². The van der Waals surface area contributed by atoms with Gasteiger partial charge < -0.3 is 14.5 Å². The van der Waals surface area contributed by atoms with Crippen LogP contribution in [0.25, 0.3) is 0 Å². The van der Waals surface area contributed by atoms with Gasteiger partial charge >= 0.3 is 0 Å². The Hall–Kier alpha value is -0.120. The van der Waals surface area contributed by atoms with Crippen LogP contribution in [0.4, 0.5) is 0 Å². The van der Waals surface area contributed by atoms with Crippen molar-refractivity contribution >= 4 is 0 Å². The lowest BCUT2D eigenvalue weighted by Crippen LogP contribution is -2.46. The molecule has 1 heterocycles. The first-order valence-electron chi connectivity index (χ1n) is 9.03. The molecule has 0 aromatic carbocycles. The van der Waals surface area contributed by atoms with Crippen LogP contribution in [0.3, 0.4) is 0 Å². The van der Waals surface area contributed by atoms with Crippen molar-refractivity contribution in [2.75, 3.05) is 33.3 Å². The lowest BCUT2D eigenvalue weighted by atomic mass is 9.75. The lowest BCUT2D eigenvalue weighted by molar-refractivity contribution is -0.0511. The summed E-state index contributed by atoms with van der Waals surface area (Å²) in [5, 5.41) is 0. The van der Waals surface area contributed by atoms with E-state index in [2.05, 4.69) is 44.5 Å². The van der Waals surface area contributed by atoms with Crippen molar-refractivity contribution < 1.29 is 4.74 Å². The van der Waals surface area contributed by atoms with Gasteiger partial charge in [0.05, 0.1) is 12.7 Å². The van der Waals surface area contributed by atoms with Crippen molar-refractivity contribution in [3.63, 3.8) is 0 Å². The average molecular weight is 296 g/mol. The Morgan fingerprint density at radius 3 is 2.24 bits per heavy atom. The maximum Gasteiger partial charge on any atom is 0.0597 e. The Balaban J connectivity index is 1.55. The zero-order chi connectivity index (χ0) is 15.4. The van der Waals surface area contributed by atoms with E-state index in [9.17, 15) is 0 Å². The molecule has 0 aromatic rings. The van der Waals surface area contributed by atoms with E-state index in [-0.39, 0.29) is 0 Å². The van der Waals surface area contributed by atoms with E-state index in [1.807, 2.05) is 0 Å². The van der Waals surface area contributed by atoms with Gasteiger partial charge in [0.2, 0.25) is 0 Å². The number of rotatable bonds is 7. The average Bonchev–Trinajstić information content (AvgIpc) is 2.40. The molecule has 0 N–H and O–H groups in total. The molecular weight excluding hydrogens is 260 g/mol. The first-order chi connectivity index (χ1) is 9.97. The molecule has 0 radical (unpaired) electrons. The molecule has 2 fully saturated rings. The summed E-state index contributed by atoms with van der Waals surface area (Å²) < 4.78 is 6.03. The Labute approximate surface area is 132 Å². The predicted octanol–water partition coefficient (Wildman–Crippen LogP) is 3.24. The highest BCUT2D eigenvalue weighted by molar-refractivity contribution is 4.83. The second kappa shape index (κ2) is 7.94. The highest BCUT2D eigenvalue weighted by atomic mass is 16.5. The zero-order valence-corrected chi connectivity index (χ0v) is 14.8. The lowest BCUT2D eigenvalue weighted by Gasteiger charge is -2.40. The monoisotopic (exact) mass is 296 g/mol. The number of hydrogen-bond acceptors (Lipinski definition) is 3. The Kier molecular flexibility index (Phi) is 6.51. The topological polar surface area (TPSA) is 15.7 Å². The van der Waals surface area contributed by atoms with E-state index in [1.165, 1.54) is 38.8 Å². The number of likely N-dealkylation sites (N-methyl/N-ethyl adjacent to an activating group) is 1. The summed E-state index contributed by atoms with van der Waals surface area (Å²) in [4.78, 5) is 5.12. The van der Waals surface area contributed by atoms with Gasteiger partial charge in [0, 0.05) is 18.6 Å². The van der Waals surface area contributed by atoms with E-state index in [4.69, 9.17) is 4.74 Å². The van der Waals surface area contributed by atoms with Crippen LogP contribution in [-0.2, 0) is 4.74 Å². The van der Waals surface area contributed by atoms with Crippen molar-refractivity contribution in [2.24, 2.45) is 11.8 Å². The molecular formula is C18H36N2O. The molecule has 1 saturated carbocycles. The summed E-state index contributed by atoms with van der Waals surface area (Å²) in [5.74, 6) is 1.74. The molecule has 2 aliphatic rings. The molecule has 0 bridgehead atoms. The summed E-state index contributed by atoms with van der Waals surface area (Å²) in [5.41, 5.74) is 0. The summed E-state index contributed by atoms with van der Waals surface area (Å²) >= 11 is 0. The van der Waals surface area contributed by atoms with Crippen LogP contribution in [0.15, 0.2) is 0 Å². The summed E-state index contributed by atoms with van der Waals surface area (Å²) in [6.45, 7) is 13.8. The predicted molar refractivity (Wildman–Crippen MR) is 89.7 cm³/mol. The maximum absolute atomic E-state index is 6.03. The molecule has 0 aromatic heterocycles. The molecule has 124 valence electrons. The standard InChI is InChI=1S/C18H36N2O/c1-14(2)16-12-18(13-16)21-11-10-19(5)17-6-8-20(9-7-17)15(3)4/h14-18H,6-13H2,1-5H3. The zero-order valence-electron chi connectivity index (χ0n) is 14.8. The fraction of sp³-hybridized carbons (Fsp3) is 1.00. The summed E-state index contributed by atoms with van der Waals surface area (Å²) in [6.07, 6.45) is 5.75. The van der Waals surface area contributed by atoms with E-state index in [0.29, 0.717) is 12.1 Å². The van der Waals surface area contributed by atoms with E-state index >= 15 is 0 Å². The van der Waals surface area contributed by atoms with Gasteiger partial charge in [-0.2, -0.15) is 0 Å². The molecule has 1 aliphatic heterocycles. The highest BCUT2D eigenvalue weighted by Gasteiger charge is 2.32. The second-order valence-electron chi connectivity index (χ2n) is 7.81. The van der Waals surface area contributed by atoms with E-state index in [0.717, 1.165) is 31.0 Å². The molecule has 3 nitrogen and oxygen atoms in total. The molecule has 1 saturated heterocycles. The van der Waals surface area contributed by atoms with Crippen molar-refractivity contribution in [3.8, 4) is 0 Å². The van der Waals surface area contributed by atoms with Gasteiger partial charge in [-0.1, -0.05) is 13.8 Å². The van der Waals surface area contributed by atoms with Crippen molar-refractivity contribution in [1.29, 1.82) is 0 Å². The van der Waals surface area contributed by atoms with Gasteiger partial charge in [-0.15, -0.1) is 0 Å². The SMILES string of the molecule is CC(C)C1CC(OCCN(C)C2CCN(C(C)C)CC2)C1. The molecule has 2 rings (SSSR count).